The van der Waals surface area contributed by atoms with E-state index in [1.165, 1.54) is 0 Å². The number of benzene rings is 1. The highest BCUT2D eigenvalue weighted by Crippen LogP contribution is 2.21. The minimum Gasteiger partial charge on any atom is -0.310 e. The molecule has 6 heteroatoms. The van der Waals surface area contributed by atoms with Crippen molar-refractivity contribution in [3.8, 4) is 0 Å². The van der Waals surface area contributed by atoms with Crippen LogP contribution in [0.4, 0.5) is 5.82 Å². The van der Waals surface area contributed by atoms with Crippen LogP contribution < -0.4 is 5.32 Å². The number of pyridine rings is 1. The summed E-state index contributed by atoms with van der Waals surface area (Å²) >= 11 is 3.31. The third-order valence-corrected chi connectivity index (χ3v) is 4.85. The molecule has 1 amide bonds. The van der Waals surface area contributed by atoms with Crippen molar-refractivity contribution in [1.82, 2.24) is 9.88 Å². The van der Waals surface area contributed by atoms with Crippen molar-refractivity contribution in [3.05, 3.63) is 58.7 Å². The van der Waals surface area contributed by atoms with E-state index in [0.29, 0.717) is 12.4 Å². The lowest BCUT2D eigenvalue weighted by atomic mass is 9.89. The van der Waals surface area contributed by atoms with E-state index in [1.54, 1.807) is 12.3 Å². The number of piperidine rings is 1. The van der Waals surface area contributed by atoms with Crippen molar-refractivity contribution < 1.29 is 9.59 Å². The van der Waals surface area contributed by atoms with Gasteiger partial charge in [-0.25, -0.2) is 4.98 Å². The molecule has 2 heterocycles. The van der Waals surface area contributed by atoms with Crippen molar-refractivity contribution in [2.24, 2.45) is 5.92 Å². The van der Waals surface area contributed by atoms with E-state index in [1.807, 2.05) is 36.4 Å². The van der Waals surface area contributed by atoms with E-state index in [4.69, 9.17) is 0 Å². The molecule has 0 saturated carbocycles. The number of carbonyl (C=O) groups is 2. The number of likely N-dealkylation sites (tertiary alicyclic amines) is 1. The van der Waals surface area contributed by atoms with Gasteiger partial charge in [-0.05, 0) is 54.0 Å². The number of halogens is 1. The molecule has 2 aromatic rings. The van der Waals surface area contributed by atoms with Gasteiger partial charge in [0.15, 0.2) is 5.78 Å². The van der Waals surface area contributed by atoms with Gasteiger partial charge in [0.05, 0.1) is 6.54 Å². The number of hydrogen-bond acceptors (Lipinski definition) is 4. The van der Waals surface area contributed by atoms with E-state index in [0.717, 1.165) is 36.0 Å². The Balaban J connectivity index is 1.46. The SMILES string of the molecule is O=C(CN1CCC(C(=O)c2ccccc2)CC1)Nc1ccc(Br)cn1. The number of ketones is 1. The number of hydrogen-bond donors (Lipinski definition) is 1. The largest absolute Gasteiger partial charge is 0.310 e. The molecule has 1 fully saturated rings. The molecule has 1 saturated heterocycles. The van der Waals surface area contributed by atoms with Crippen LogP contribution in [-0.2, 0) is 4.79 Å². The quantitative estimate of drug-likeness (QED) is 0.779. The fourth-order valence-electron chi connectivity index (χ4n) is 3.03. The Kier molecular flexibility index (Phi) is 5.94. The summed E-state index contributed by atoms with van der Waals surface area (Å²) < 4.78 is 0.871. The van der Waals surface area contributed by atoms with E-state index in [2.05, 4.69) is 31.1 Å². The van der Waals surface area contributed by atoms with Gasteiger partial charge >= 0.3 is 0 Å². The van der Waals surface area contributed by atoms with Gasteiger partial charge in [0.1, 0.15) is 5.82 Å². The maximum atomic E-state index is 12.5. The molecule has 130 valence electrons. The molecule has 0 aliphatic carbocycles. The molecule has 25 heavy (non-hydrogen) atoms. The number of aromatic nitrogens is 1. The molecule has 1 aromatic carbocycles. The molecule has 1 aliphatic heterocycles. The zero-order valence-electron chi connectivity index (χ0n) is 13.8. The fraction of sp³-hybridized carbons (Fsp3) is 0.316. The number of Topliss-reactive ketones (excluding diaryl/α,β-unsaturated/α-hetero) is 1. The van der Waals surface area contributed by atoms with E-state index in [-0.39, 0.29) is 17.6 Å². The van der Waals surface area contributed by atoms with E-state index >= 15 is 0 Å². The molecule has 0 spiro atoms. The Labute approximate surface area is 155 Å². The first-order chi connectivity index (χ1) is 12.1. The average Bonchev–Trinajstić information content (AvgIpc) is 2.64. The Morgan fingerprint density at radius 2 is 1.84 bits per heavy atom. The summed E-state index contributed by atoms with van der Waals surface area (Å²) in [4.78, 5) is 30.8. The molecule has 1 aromatic heterocycles. The lowest BCUT2D eigenvalue weighted by molar-refractivity contribution is -0.117. The van der Waals surface area contributed by atoms with Crippen LogP contribution in [0.2, 0.25) is 0 Å². The van der Waals surface area contributed by atoms with Crippen LogP contribution in [0.3, 0.4) is 0 Å². The van der Waals surface area contributed by atoms with Crippen molar-refractivity contribution >= 4 is 33.4 Å². The minimum absolute atomic E-state index is 0.0508. The van der Waals surface area contributed by atoms with Crippen molar-refractivity contribution in [3.63, 3.8) is 0 Å². The summed E-state index contributed by atoms with van der Waals surface area (Å²) in [6, 6.07) is 13.0. The first-order valence-corrected chi connectivity index (χ1v) is 9.14. The van der Waals surface area contributed by atoms with Crippen molar-refractivity contribution in [2.45, 2.75) is 12.8 Å². The highest BCUT2D eigenvalue weighted by molar-refractivity contribution is 9.10. The normalized spacial score (nSPS) is 15.7. The second kappa shape index (κ2) is 8.36. The lowest BCUT2D eigenvalue weighted by Crippen LogP contribution is -2.40. The molecule has 0 atom stereocenters. The number of nitrogens with zero attached hydrogens (tertiary/aromatic N) is 2. The first kappa shape index (κ1) is 17.8. The molecule has 1 N–H and O–H groups in total. The number of rotatable bonds is 5. The second-order valence-electron chi connectivity index (χ2n) is 6.19. The van der Waals surface area contributed by atoms with E-state index in [9.17, 15) is 9.59 Å². The summed E-state index contributed by atoms with van der Waals surface area (Å²) in [6.45, 7) is 1.83. The summed E-state index contributed by atoms with van der Waals surface area (Å²) in [5, 5.41) is 2.80. The zero-order valence-corrected chi connectivity index (χ0v) is 15.4. The molecule has 3 rings (SSSR count). The molecular formula is C19H20BrN3O2. The monoisotopic (exact) mass is 401 g/mol. The van der Waals surface area contributed by atoms with Crippen LogP contribution in [0, 0.1) is 5.92 Å². The summed E-state index contributed by atoms with van der Waals surface area (Å²) in [6.07, 6.45) is 3.23. The predicted octanol–water partition coefficient (Wildman–Crippen LogP) is 3.38. The fourth-order valence-corrected chi connectivity index (χ4v) is 3.26. The summed E-state index contributed by atoms with van der Waals surface area (Å²) in [7, 11) is 0. The Hall–Kier alpha value is -2.05. The Morgan fingerprint density at radius 3 is 2.48 bits per heavy atom. The smallest absolute Gasteiger partial charge is 0.239 e. The number of nitrogens with one attached hydrogen (secondary N) is 1. The van der Waals surface area contributed by atoms with Gasteiger partial charge in [0.25, 0.3) is 0 Å². The number of anilines is 1. The maximum absolute atomic E-state index is 12.5. The van der Waals surface area contributed by atoms with Gasteiger partial charge in [0.2, 0.25) is 5.91 Å². The van der Waals surface area contributed by atoms with Crippen molar-refractivity contribution in [1.29, 1.82) is 0 Å². The highest BCUT2D eigenvalue weighted by atomic mass is 79.9. The van der Waals surface area contributed by atoms with Gasteiger partial charge in [-0.2, -0.15) is 0 Å². The molecule has 0 bridgehead atoms. The van der Waals surface area contributed by atoms with Gasteiger partial charge in [-0.3, -0.25) is 14.5 Å². The van der Waals surface area contributed by atoms with Crippen LogP contribution in [0.15, 0.2) is 53.1 Å². The predicted molar refractivity (Wildman–Crippen MR) is 101 cm³/mol. The van der Waals surface area contributed by atoms with Crippen molar-refractivity contribution in [2.75, 3.05) is 25.0 Å². The minimum atomic E-state index is -0.0809. The number of carbonyl (C=O) groups excluding carboxylic acids is 2. The third-order valence-electron chi connectivity index (χ3n) is 4.38. The van der Waals surface area contributed by atoms with Crippen LogP contribution in [-0.4, -0.2) is 41.2 Å². The van der Waals surface area contributed by atoms with Gasteiger partial charge in [-0.1, -0.05) is 30.3 Å². The van der Waals surface area contributed by atoms with Crippen LogP contribution in [0.5, 0.6) is 0 Å². The lowest BCUT2D eigenvalue weighted by Gasteiger charge is -2.30. The maximum Gasteiger partial charge on any atom is 0.239 e. The zero-order chi connectivity index (χ0) is 17.6. The Morgan fingerprint density at radius 1 is 1.12 bits per heavy atom. The van der Waals surface area contributed by atoms with Crippen LogP contribution >= 0.6 is 15.9 Å². The van der Waals surface area contributed by atoms with Gasteiger partial charge < -0.3 is 5.32 Å². The van der Waals surface area contributed by atoms with E-state index < -0.39 is 0 Å². The van der Waals surface area contributed by atoms with Crippen LogP contribution in [0.1, 0.15) is 23.2 Å². The molecule has 0 unspecified atom stereocenters. The molecule has 5 nitrogen and oxygen atoms in total. The summed E-state index contributed by atoms with van der Waals surface area (Å²) in [5.41, 5.74) is 0.778. The molecular weight excluding hydrogens is 382 g/mol. The Bertz CT molecular complexity index is 726. The highest BCUT2D eigenvalue weighted by Gasteiger charge is 2.26. The van der Waals surface area contributed by atoms with Gasteiger partial charge in [0, 0.05) is 22.2 Å². The standard InChI is InChI=1S/C19H20BrN3O2/c20-16-6-7-17(21-12-16)22-18(24)13-23-10-8-15(9-11-23)19(25)14-4-2-1-3-5-14/h1-7,12,15H,8-11,13H2,(H,21,22,24). The third kappa shape index (κ3) is 4.96. The second-order valence-corrected chi connectivity index (χ2v) is 7.11. The molecule has 0 radical (unpaired) electrons. The topological polar surface area (TPSA) is 62.3 Å². The summed E-state index contributed by atoms with van der Waals surface area (Å²) in [5.74, 6) is 0.726. The molecule has 1 aliphatic rings. The average molecular weight is 402 g/mol. The van der Waals surface area contributed by atoms with Gasteiger partial charge in [-0.15, -0.1) is 0 Å². The number of amides is 1. The first-order valence-electron chi connectivity index (χ1n) is 8.35. The van der Waals surface area contributed by atoms with Crippen LogP contribution in [0.25, 0.3) is 0 Å².